The fourth-order valence-electron chi connectivity index (χ4n) is 2.15. The minimum absolute atomic E-state index is 0.168. The molecule has 0 aliphatic rings. The lowest BCUT2D eigenvalue weighted by atomic mass is 10.3. The number of nitrogens with one attached hydrogen (secondary N) is 2. The van der Waals surface area contributed by atoms with E-state index >= 15 is 0 Å². The first kappa shape index (κ1) is 18.0. The summed E-state index contributed by atoms with van der Waals surface area (Å²) < 4.78 is 5.11. The molecule has 1 heterocycles. The van der Waals surface area contributed by atoms with Crippen molar-refractivity contribution in [1.29, 1.82) is 0 Å². The Balaban J connectivity index is 1.67. The number of methoxy groups -OCH3 is 1. The Morgan fingerprint density at radius 3 is 2.23 bits per heavy atom. The van der Waals surface area contributed by atoms with Gasteiger partial charge in [-0.1, -0.05) is 23.2 Å². The smallest absolute Gasteiger partial charge is 0.275 e. The number of ether oxygens (including phenoxy) is 1. The molecular weight excluding hydrogens is 375 g/mol. The number of aromatic nitrogens is 2. The third-order valence-corrected chi connectivity index (χ3v) is 3.80. The lowest BCUT2D eigenvalue weighted by molar-refractivity contribution is 0.102. The first-order valence-corrected chi connectivity index (χ1v) is 8.29. The average molecular weight is 389 g/mol. The highest BCUT2D eigenvalue weighted by Crippen LogP contribution is 2.23. The number of amides is 1. The molecule has 8 heteroatoms. The van der Waals surface area contributed by atoms with Gasteiger partial charge in [0, 0.05) is 21.4 Å². The van der Waals surface area contributed by atoms with E-state index in [1.54, 1.807) is 25.3 Å². The molecule has 0 aliphatic carbocycles. The van der Waals surface area contributed by atoms with Crippen molar-refractivity contribution in [1.82, 2.24) is 9.97 Å². The van der Waals surface area contributed by atoms with Crippen LogP contribution in [0.2, 0.25) is 10.0 Å². The highest BCUT2D eigenvalue weighted by Gasteiger charge is 2.10. The zero-order chi connectivity index (χ0) is 18.5. The highest BCUT2D eigenvalue weighted by atomic mass is 35.5. The van der Waals surface area contributed by atoms with Gasteiger partial charge in [0.05, 0.1) is 19.5 Å². The summed E-state index contributed by atoms with van der Waals surface area (Å²) in [5.74, 6) is 0.860. The fourth-order valence-corrected chi connectivity index (χ4v) is 2.68. The summed E-state index contributed by atoms with van der Waals surface area (Å²) in [6.45, 7) is 0. The van der Waals surface area contributed by atoms with Crippen molar-refractivity contribution in [3.63, 3.8) is 0 Å². The van der Waals surface area contributed by atoms with Gasteiger partial charge in [-0.25, -0.2) is 9.97 Å². The summed E-state index contributed by atoms with van der Waals surface area (Å²) in [7, 11) is 1.61. The van der Waals surface area contributed by atoms with Crippen LogP contribution in [0.15, 0.2) is 54.9 Å². The largest absolute Gasteiger partial charge is 0.497 e. The summed E-state index contributed by atoms with van der Waals surface area (Å²) >= 11 is 11.8. The third-order valence-electron chi connectivity index (χ3n) is 3.37. The van der Waals surface area contributed by atoms with Gasteiger partial charge in [-0.3, -0.25) is 4.79 Å². The molecule has 0 spiro atoms. The van der Waals surface area contributed by atoms with Crippen molar-refractivity contribution in [2.45, 2.75) is 0 Å². The summed E-state index contributed by atoms with van der Waals surface area (Å²) in [6, 6.07) is 12.1. The van der Waals surface area contributed by atoms with Crippen LogP contribution in [-0.4, -0.2) is 23.0 Å². The van der Waals surface area contributed by atoms with Crippen LogP contribution in [0, 0.1) is 0 Å². The number of nitrogens with zero attached hydrogens (tertiary/aromatic N) is 2. The Morgan fingerprint density at radius 1 is 0.962 bits per heavy atom. The maximum Gasteiger partial charge on any atom is 0.275 e. The van der Waals surface area contributed by atoms with E-state index in [0.29, 0.717) is 21.6 Å². The van der Waals surface area contributed by atoms with Gasteiger partial charge < -0.3 is 15.4 Å². The average Bonchev–Trinajstić information content (AvgIpc) is 2.62. The van der Waals surface area contributed by atoms with Gasteiger partial charge >= 0.3 is 0 Å². The molecule has 0 radical (unpaired) electrons. The van der Waals surface area contributed by atoms with Gasteiger partial charge in [0.15, 0.2) is 0 Å². The normalized spacial score (nSPS) is 10.3. The topological polar surface area (TPSA) is 76.1 Å². The standard InChI is InChI=1S/C18H14Cl2N4O2/c1-26-15-4-2-13(3-5-15)23-17-10-21-16(9-22-17)18(25)24-14-7-11(19)6-12(20)8-14/h2-10H,1H3,(H,22,23)(H,24,25). The first-order chi connectivity index (χ1) is 12.5. The molecule has 0 saturated heterocycles. The number of benzene rings is 2. The van der Waals surface area contributed by atoms with Crippen LogP contribution in [0.3, 0.4) is 0 Å². The predicted octanol–water partition coefficient (Wildman–Crippen LogP) is 4.79. The minimum Gasteiger partial charge on any atom is -0.497 e. The number of halogens is 2. The van der Waals surface area contributed by atoms with Gasteiger partial charge in [0.1, 0.15) is 17.3 Å². The van der Waals surface area contributed by atoms with Crippen molar-refractivity contribution in [3.8, 4) is 5.75 Å². The van der Waals surface area contributed by atoms with Gasteiger partial charge in [-0.15, -0.1) is 0 Å². The Morgan fingerprint density at radius 2 is 1.65 bits per heavy atom. The molecule has 0 aliphatic heterocycles. The van der Waals surface area contributed by atoms with E-state index in [-0.39, 0.29) is 5.69 Å². The molecule has 0 atom stereocenters. The fraction of sp³-hybridized carbons (Fsp3) is 0.0556. The van der Waals surface area contributed by atoms with Gasteiger partial charge in [-0.05, 0) is 42.5 Å². The van der Waals surface area contributed by atoms with Crippen molar-refractivity contribution in [2.24, 2.45) is 0 Å². The van der Waals surface area contributed by atoms with E-state index in [1.165, 1.54) is 12.4 Å². The molecule has 3 rings (SSSR count). The van der Waals surface area contributed by atoms with Crippen LogP contribution in [0.25, 0.3) is 0 Å². The lowest BCUT2D eigenvalue weighted by Gasteiger charge is -2.08. The predicted molar refractivity (Wildman–Crippen MR) is 103 cm³/mol. The van der Waals surface area contributed by atoms with Gasteiger partial charge in [0.2, 0.25) is 0 Å². The van der Waals surface area contributed by atoms with Crippen LogP contribution < -0.4 is 15.4 Å². The second-order valence-corrected chi connectivity index (χ2v) is 6.13. The summed E-state index contributed by atoms with van der Waals surface area (Å²) in [6.07, 6.45) is 2.86. The maximum absolute atomic E-state index is 12.2. The van der Waals surface area contributed by atoms with Crippen molar-refractivity contribution < 1.29 is 9.53 Å². The summed E-state index contributed by atoms with van der Waals surface area (Å²) in [4.78, 5) is 20.6. The van der Waals surface area contributed by atoms with Crippen LogP contribution >= 0.6 is 23.2 Å². The molecule has 6 nitrogen and oxygen atoms in total. The second-order valence-electron chi connectivity index (χ2n) is 5.25. The van der Waals surface area contributed by atoms with Crippen LogP contribution in [-0.2, 0) is 0 Å². The quantitative estimate of drug-likeness (QED) is 0.656. The Kier molecular flexibility index (Phi) is 5.55. The van der Waals surface area contributed by atoms with E-state index < -0.39 is 5.91 Å². The number of rotatable bonds is 5. The van der Waals surface area contributed by atoms with Crippen LogP contribution in [0.4, 0.5) is 17.2 Å². The maximum atomic E-state index is 12.2. The summed E-state index contributed by atoms with van der Waals surface area (Å²) in [5.41, 5.74) is 1.47. The molecule has 0 fully saturated rings. The van der Waals surface area contributed by atoms with Gasteiger partial charge in [-0.2, -0.15) is 0 Å². The van der Waals surface area contributed by atoms with E-state index in [1.807, 2.05) is 24.3 Å². The molecule has 0 bridgehead atoms. The van der Waals surface area contributed by atoms with Crippen molar-refractivity contribution >= 4 is 46.3 Å². The molecular formula is C18H14Cl2N4O2. The zero-order valence-electron chi connectivity index (χ0n) is 13.7. The SMILES string of the molecule is COc1ccc(Nc2cnc(C(=O)Nc3cc(Cl)cc(Cl)c3)cn2)cc1. The molecule has 2 N–H and O–H groups in total. The number of hydrogen-bond acceptors (Lipinski definition) is 5. The first-order valence-electron chi connectivity index (χ1n) is 7.54. The van der Waals surface area contributed by atoms with E-state index in [9.17, 15) is 4.79 Å². The van der Waals surface area contributed by atoms with E-state index in [2.05, 4.69) is 20.6 Å². The van der Waals surface area contributed by atoms with E-state index in [4.69, 9.17) is 27.9 Å². The lowest BCUT2D eigenvalue weighted by Crippen LogP contribution is -2.14. The zero-order valence-corrected chi connectivity index (χ0v) is 15.2. The highest BCUT2D eigenvalue weighted by molar-refractivity contribution is 6.35. The van der Waals surface area contributed by atoms with Crippen molar-refractivity contribution in [3.05, 3.63) is 70.6 Å². The van der Waals surface area contributed by atoms with E-state index in [0.717, 1.165) is 11.4 Å². The Labute approximate surface area is 160 Å². The molecule has 0 unspecified atom stereocenters. The molecule has 3 aromatic rings. The Bertz CT molecular complexity index is 895. The summed E-state index contributed by atoms with van der Waals surface area (Å²) in [5, 5.41) is 6.62. The third kappa shape index (κ3) is 4.62. The number of anilines is 3. The van der Waals surface area contributed by atoms with Crippen LogP contribution in [0.1, 0.15) is 10.5 Å². The molecule has 26 heavy (non-hydrogen) atoms. The molecule has 1 aromatic heterocycles. The minimum atomic E-state index is -0.410. The molecule has 132 valence electrons. The Hall–Kier alpha value is -2.83. The number of carbonyl (C=O) groups excluding carboxylic acids is 1. The molecule has 0 saturated carbocycles. The monoisotopic (exact) mass is 388 g/mol. The molecule has 2 aromatic carbocycles. The van der Waals surface area contributed by atoms with Crippen LogP contribution in [0.5, 0.6) is 5.75 Å². The molecule has 1 amide bonds. The number of hydrogen-bond donors (Lipinski definition) is 2. The van der Waals surface area contributed by atoms with Gasteiger partial charge in [0.25, 0.3) is 5.91 Å². The van der Waals surface area contributed by atoms with Crippen molar-refractivity contribution in [2.75, 3.05) is 17.7 Å². The number of carbonyl (C=O) groups is 1. The second kappa shape index (κ2) is 8.03.